The predicted octanol–water partition coefficient (Wildman–Crippen LogP) is 1.86. The van der Waals surface area contributed by atoms with Crippen molar-refractivity contribution in [1.29, 1.82) is 0 Å². The van der Waals surface area contributed by atoms with Gasteiger partial charge in [0.05, 0.1) is 30.9 Å². The molecule has 110 valence electrons. The molecule has 0 bridgehead atoms. The van der Waals surface area contributed by atoms with E-state index in [0.29, 0.717) is 18.0 Å². The van der Waals surface area contributed by atoms with Gasteiger partial charge in [0.1, 0.15) is 0 Å². The van der Waals surface area contributed by atoms with Gasteiger partial charge in [0.15, 0.2) is 11.6 Å². The van der Waals surface area contributed by atoms with Crippen LogP contribution in [0.4, 0.5) is 10.3 Å². The molecule has 3 aromatic rings. The maximum atomic E-state index is 13.7. The lowest BCUT2D eigenvalue weighted by atomic mass is 10.2. The minimum Gasteiger partial charge on any atom is -0.494 e. The summed E-state index contributed by atoms with van der Waals surface area (Å²) in [5.74, 6) is 0.0553. The number of fused-ring (bicyclic) bond motifs is 1. The summed E-state index contributed by atoms with van der Waals surface area (Å²) in [7, 11) is 3.31. The zero-order valence-corrected chi connectivity index (χ0v) is 12.1. The predicted molar refractivity (Wildman–Crippen MR) is 77.7 cm³/mol. The quantitative estimate of drug-likeness (QED) is 0.799. The molecule has 0 atom stereocenters. The van der Waals surface area contributed by atoms with E-state index in [1.807, 2.05) is 18.5 Å². The Bertz CT molecular complexity index is 820. The Labute approximate surface area is 120 Å². The van der Waals surface area contributed by atoms with Gasteiger partial charge in [-0.2, -0.15) is 5.10 Å². The molecule has 0 aliphatic rings. The summed E-state index contributed by atoms with van der Waals surface area (Å²) in [6.45, 7) is 2.51. The zero-order valence-electron chi connectivity index (χ0n) is 12.1. The fraction of sp³-hybridized carbons (Fsp3) is 0.286. The first-order valence-electron chi connectivity index (χ1n) is 6.48. The lowest BCUT2D eigenvalue weighted by Gasteiger charge is -2.07. The van der Waals surface area contributed by atoms with Crippen LogP contribution in [-0.4, -0.2) is 26.4 Å². The van der Waals surface area contributed by atoms with E-state index in [1.165, 1.54) is 13.2 Å². The first-order valence-corrected chi connectivity index (χ1v) is 6.48. The number of rotatable bonds is 3. The van der Waals surface area contributed by atoms with Gasteiger partial charge in [-0.25, -0.2) is 9.37 Å². The molecule has 0 aliphatic carbocycles. The Morgan fingerprint density at radius 2 is 2.14 bits per heavy atom. The van der Waals surface area contributed by atoms with Crippen molar-refractivity contribution in [2.45, 2.75) is 13.5 Å². The van der Waals surface area contributed by atoms with Crippen molar-refractivity contribution in [2.24, 2.45) is 7.05 Å². The van der Waals surface area contributed by atoms with Crippen molar-refractivity contribution in [3.8, 4) is 5.75 Å². The van der Waals surface area contributed by atoms with Gasteiger partial charge in [0.25, 0.3) is 0 Å². The van der Waals surface area contributed by atoms with Gasteiger partial charge in [0.2, 0.25) is 5.95 Å². The molecule has 0 saturated carbocycles. The summed E-state index contributed by atoms with van der Waals surface area (Å²) < 4.78 is 22.4. The number of methoxy groups -OCH3 is 1. The van der Waals surface area contributed by atoms with Crippen LogP contribution in [0, 0.1) is 12.7 Å². The average Bonchev–Trinajstić information content (AvgIpc) is 2.92. The molecule has 0 aliphatic heterocycles. The standard InChI is InChI=1S/C14H16FN5O/c1-8-9(6-17-19(8)2)7-20-12-5-13(21-3)10(15)4-11(12)18-14(20)16/h4-6H,7H2,1-3H3,(H2,16,18). The largest absolute Gasteiger partial charge is 0.494 e. The van der Waals surface area contributed by atoms with Gasteiger partial charge in [0, 0.05) is 30.4 Å². The van der Waals surface area contributed by atoms with E-state index in [-0.39, 0.29) is 5.75 Å². The number of aromatic nitrogens is 4. The maximum absolute atomic E-state index is 13.7. The second kappa shape index (κ2) is 4.76. The fourth-order valence-electron chi connectivity index (χ4n) is 2.34. The summed E-state index contributed by atoms with van der Waals surface area (Å²) in [6.07, 6.45) is 1.79. The van der Waals surface area contributed by atoms with Crippen molar-refractivity contribution in [3.63, 3.8) is 0 Å². The van der Waals surface area contributed by atoms with E-state index in [9.17, 15) is 4.39 Å². The van der Waals surface area contributed by atoms with Crippen molar-refractivity contribution >= 4 is 17.0 Å². The molecule has 0 fully saturated rings. The Morgan fingerprint density at radius 1 is 1.38 bits per heavy atom. The monoisotopic (exact) mass is 289 g/mol. The molecule has 3 rings (SSSR count). The van der Waals surface area contributed by atoms with E-state index in [1.54, 1.807) is 16.9 Å². The van der Waals surface area contributed by atoms with Crippen LogP contribution < -0.4 is 10.5 Å². The number of ether oxygens (including phenoxy) is 1. The highest BCUT2D eigenvalue weighted by molar-refractivity contribution is 5.80. The smallest absolute Gasteiger partial charge is 0.201 e. The average molecular weight is 289 g/mol. The first-order chi connectivity index (χ1) is 10.0. The minimum absolute atomic E-state index is 0.173. The van der Waals surface area contributed by atoms with Gasteiger partial charge < -0.3 is 15.0 Å². The SMILES string of the molecule is COc1cc2c(cc1F)nc(N)n2Cc1cnn(C)c1C. The third kappa shape index (κ3) is 2.10. The normalized spacial score (nSPS) is 11.2. The second-order valence-corrected chi connectivity index (χ2v) is 4.91. The number of nitrogens with two attached hydrogens (primary N) is 1. The van der Waals surface area contributed by atoms with Gasteiger partial charge in [-0.15, -0.1) is 0 Å². The van der Waals surface area contributed by atoms with Crippen LogP contribution >= 0.6 is 0 Å². The first kappa shape index (κ1) is 13.4. The van der Waals surface area contributed by atoms with Gasteiger partial charge in [-0.3, -0.25) is 4.68 Å². The van der Waals surface area contributed by atoms with E-state index in [2.05, 4.69) is 10.1 Å². The summed E-state index contributed by atoms with van der Waals surface area (Å²) >= 11 is 0. The summed E-state index contributed by atoms with van der Waals surface area (Å²) in [6, 6.07) is 2.94. The molecular formula is C14H16FN5O. The maximum Gasteiger partial charge on any atom is 0.201 e. The van der Waals surface area contributed by atoms with E-state index < -0.39 is 5.82 Å². The molecule has 2 aromatic heterocycles. The highest BCUT2D eigenvalue weighted by Crippen LogP contribution is 2.27. The number of anilines is 1. The van der Waals surface area contributed by atoms with Crippen molar-refractivity contribution < 1.29 is 9.13 Å². The van der Waals surface area contributed by atoms with Crippen LogP contribution in [0.1, 0.15) is 11.3 Å². The molecule has 6 nitrogen and oxygen atoms in total. The molecule has 1 aromatic carbocycles. The van der Waals surface area contributed by atoms with E-state index in [0.717, 1.165) is 16.8 Å². The van der Waals surface area contributed by atoms with Crippen LogP contribution in [0.2, 0.25) is 0 Å². The van der Waals surface area contributed by atoms with Crippen LogP contribution in [-0.2, 0) is 13.6 Å². The lowest BCUT2D eigenvalue weighted by molar-refractivity contribution is 0.387. The summed E-state index contributed by atoms with van der Waals surface area (Å²) in [4.78, 5) is 4.20. The van der Waals surface area contributed by atoms with Crippen molar-refractivity contribution in [2.75, 3.05) is 12.8 Å². The summed E-state index contributed by atoms with van der Waals surface area (Å²) in [5.41, 5.74) is 9.28. The number of nitrogen functional groups attached to an aromatic ring is 1. The molecule has 0 unspecified atom stereocenters. The van der Waals surface area contributed by atoms with Crippen molar-refractivity contribution in [3.05, 3.63) is 35.4 Å². The van der Waals surface area contributed by atoms with Crippen LogP contribution in [0.25, 0.3) is 11.0 Å². The number of aryl methyl sites for hydroxylation is 1. The van der Waals surface area contributed by atoms with Crippen LogP contribution in [0.3, 0.4) is 0 Å². The number of hydrogen-bond donors (Lipinski definition) is 1. The second-order valence-electron chi connectivity index (χ2n) is 4.91. The Balaban J connectivity index is 2.13. The molecule has 0 spiro atoms. The Hall–Kier alpha value is -2.57. The molecule has 0 saturated heterocycles. The van der Waals surface area contributed by atoms with E-state index in [4.69, 9.17) is 10.5 Å². The van der Waals surface area contributed by atoms with E-state index >= 15 is 0 Å². The van der Waals surface area contributed by atoms with Gasteiger partial charge in [-0.05, 0) is 6.92 Å². The number of halogens is 1. The van der Waals surface area contributed by atoms with Crippen molar-refractivity contribution in [1.82, 2.24) is 19.3 Å². The van der Waals surface area contributed by atoms with Gasteiger partial charge in [-0.1, -0.05) is 0 Å². The topological polar surface area (TPSA) is 70.9 Å². The zero-order chi connectivity index (χ0) is 15.1. The number of imidazole rings is 1. The number of benzene rings is 1. The molecule has 7 heteroatoms. The van der Waals surface area contributed by atoms with Crippen LogP contribution in [0.5, 0.6) is 5.75 Å². The van der Waals surface area contributed by atoms with Gasteiger partial charge >= 0.3 is 0 Å². The molecule has 0 amide bonds. The molecule has 2 N–H and O–H groups in total. The number of nitrogens with zero attached hydrogens (tertiary/aromatic N) is 4. The fourth-order valence-corrected chi connectivity index (χ4v) is 2.34. The third-order valence-electron chi connectivity index (χ3n) is 3.72. The molecule has 2 heterocycles. The third-order valence-corrected chi connectivity index (χ3v) is 3.72. The highest BCUT2D eigenvalue weighted by atomic mass is 19.1. The Kier molecular flexibility index (Phi) is 3.04. The lowest BCUT2D eigenvalue weighted by Crippen LogP contribution is -2.05. The van der Waals surface area contributed by atoms with Crippen LogP contribution in [0.15, 0.2) is 18.3 Å². The summed E-state index contributed by atoms with van der Waals surface area (Å²) in [5, 5.41) is 4.21. The molecule has 0 radical (unpaired) electrons. The highest BCUT2D eigenvalue weighted by Gasteiger charge is 2.15. The molecular weight excluding hydrogens is 273 g/mol. The Morgan fingerprint density at radius 3 is 2.76 bits per heavy atom. The minimum atomic E-state index is -0.452. The number of hydrogen-bond acceptors (Lipinski definition) is 4. The molecule has 21 heavy (non-hydrogen) atoms.